The number of amides is 1. The molecule has 156 valence electrons. The highest BCUT2D eigenvalue weighted by Gasteiger charge is 2.14. The molecule has 7 heteroatoms. The van der Waals surface area contributed by atoms with Crippen LogP contribution in [0.25, 0.3) is 10.6 Å². The fourth-order valence-corrected chi connectivity index (χ4v) is 3.78. The topological polar surface area (TPSA) is 64.1 Å². The maximum Gasteiger partial charge on any atom is 0.270 e. The second-order valence-corrected chi connectivity index (χ2v) is 7.63. The summed E-state index contributed by atoms with van der Waals surface area (Å²) >= 11 is 1.38. The van der Waals surface area contributed by atoms with Crippen molar-refractivity contribution in [1.29, 1.82) is 0 Å². The van der Waals surface area contributed by atoms with Crippen LogP contribution in [0.4, 0.5) is 4.39 Å². The van der Waals surface area contributed by atoms with Crippen LogP contribution in [0.1, 0.15) is 21.7 Å². The SMILES string of the molecule is O=C(NCCc1ccccn1)c1csc(-c2ccccc2OCc2ccc(F)cc2)n1. The Morgan fingerprint density at radius 2 is 1.84 bits per heavy atom. The molecule has 4 rings (SSSR count). The molecule has 0 atom stereocenters. The lowest BCUT2D eigenvalue weighted by Gasteiger charge is -2.10. The molecule has 0 saturated heterocycles. The number of carbonyl (C=O) groups excluding carboxylic acids is 1. The zero-order chi connectivity index (χ0) is 21.5. The van der Waals surface area contributed by atoms with Crippen LogP contribution in [0, 0.1) is 5.82 Å². The maximum atomic E-state index is 13.1. The van der Waals surface area contributed by atoms with Crippen LogP contribution in [0.5, 0.6) is 5.75 Å². The van der Waals surface area contributed by atoms with Gasteiger partial charge in [0.1, 0.15) is 28.9 Å². The molecular weight excluding hydrogens is 413 g/mol. The van der Waals surface area contributed by atoms with Gasteiger partial charge in [0.2, 0.25) is 0 Å². The van der Waals surface area contributed by atoms with E-state index in [9.17, 15) is 9.18 Å². The third kappa shape index (κ3) is 5.52. The minimum atomic E-state index is -0.280. The Bertz CT molecular complexity index is 1150. The van der Waals surface area contributed by atoms with Crippen LogP contribution < -0.4 is 10.1 Å². The number of pyridine rings is 1. The normalized spacial score (nSPS) is 10.6. The molecule has 2 heterocycles. The number of para-hydroxylation sites is 1. The molecule has 0 bridgehead atoms. The Hall–Kier alpha value is -3.58. The fraction of sp³-hybridized carbons (Fsp3) is 0.125. The molecule has 31 heavy (non-hydrogen) atoms. The first kappa shape index (κ1) is 20.7. The summed E-state index contributed by atoms with van der Waals surface area (Å²) in [4.78, 5) is 21.2. The molecule has 0 aliphatic carbocycles. The van der Waals surface area contributed by atoms with Crippen LogP contribution in [0.2, 0.25) is 0 Å². The minimum Gasteiger partial charge on any atom is -0.488 e. The number of aromatic nitrogens is 2. The fourth-order valence-electron chi connectivity index (χ4n) is 2.95. The lowest BCUT2D eigenvalue weighted by Crippen LogP contribution is -2.26. The van der Waals surface area contributed by atoms with Crippen molar-refractivity contribution in [2.24, 2.45) is 0 Å². The van der Waals surface area contributed by atoms with E-state index in [4.69, 9.17) is 4.74 Å². The van der Waals surface area contributed by atoms with Crippen LogP contribution in [-0.2, 0) is 13.0 Å². The first-order chi connectivity index (χ1) is 15.2. The van der Waals surface area contributed by atoms with Crippen molar-refractivity contribution in [3.8, 4) is 16.3 Å². The second-order valence-electron chi connectivity index (χ2n) is 6.78. The molecule has 0 saturated carbocycles. The van der Waals surface area contributed by atoms with Gasteiger partial charge in [-0.3, -0.25) is 9.78 Å². The van der Waals surface area contributed by atoms with Crippen molar-refractivity contribution in [3.05, 3.63) is 101 Å². The summed E-state index contributed by atoms with van der Waals surface area (Å²) < 4.78 is 19.0. The highest BCUT2D eigenvalue weighted by molar-refractivity contribution is 7.13. The Kier molecular flexibility index (Phi) is 6.64. The Balaban J connectivity index is 1.40. The van der Waals surface area contributed by atoms with E-state index in [0.29, 0.717) is 36.0 Å². The van der Waals surface area contributed by atoms with E-state index in [2.05, 4.69) is 15.3 Å². The largest absolute Gasteiger partial charge is 0.488 e. The standard InChI is InChI=1S/C24H20FN3O2S/c25-18-10-8-17(9-11-18)15-30-22-7-2-1-6-20(22)24-28-21(16-31-24)23(29)27-14-12-19-5-3-4-13-26-19/h1-11,13,16H,12,14-15H2,(H,27,29). The average Bonchev–Trinajstić information content (AvgIpc) is 3.30. The summed E-state index contributed by atoms with van der Waals surface area (Å²) in [5.74, 6) is 0.157. The van der Waals surface area contributed by atoms with Gasteiger partial charge >= 0.3 is 0 Å². The van der Waals surface area contributed by atoms with Crippen molar-refractivity contribution in [3.63, 3.8) is 0 Å². The molecule has 0 aliphatic heterocycles. The number of thiazole rings is 1. The van der Waals surface area contributed by atoms with E-state index in [0.717, 1.165) is 16.8 Å². The highest BCUT2D eigenvalue weighted by Crippen LogP contribution is 2.32. The zero-order valence-corrected chi connectivity index (χ0v) is 17.4. The van der Waals surface area contributed by atoms with Gasteiger partial charge in [-0.2, -0.15) is 0 Å². The number of halogens is 1. The van der Waals surface area contributed by atoms with Gasteiger partial charge in [0, 0.05) is 30.2 Å². The predicted molar refractivity (Wildman–Crippen MR) is 119 cm³/mol. The van der Waals surface area contributed by atoms with Crippen LogP contribution in [0.15, 0.2) is 78.3 Å². The number of nitrogens with one attached hydrogen (secondary N) is 1. The number of nitrogens with zero attached hydrogens (tertiary/aromatic N) is 2. The minimum absolute atomic E-state index is 0.219. The Morgan fingerprint density at radius 1 is 1.03 bits per heavy atom. The highest BCUT2D eigenvalue weighted by atomic mass is 32.1. The van der Waals surface area contributed by atoms with E-state index in [1.54, 1.807) is 23.7 Å². The first-order valence-electron chi connectivity index (χ1n) is 9.79. The summed E-state index contributed by atoms with van der Waals surface area (Å²) in [5.41, 5.74) is 2.97. The molecule has 2 aromatic carbocycles. The monoisotopic (exact) mass is 433 g/mol. The van der Waals surface area contributed by atoms with Crippen LogP contribution in [-0.4, -0.2) is 22.4 Å². The van der Waals surface area contributed by atoms with E-state index >= 15 is 0 Å². The molecule has 0 spiro atoms. The summed E-state index contributed by atoms with van der Waals surface area (Å²) in [6.45, 7) is 0.795. The summed E-state index contributed by atoms with van der Waals surface area (Å²) in [7, 11) is 0. The van der Waals surface area contributed by atoms with E-state index in [1.165, 1.54) is 23.5 Å². The van der Waals surface area contributed by atoms with Gasteiger partial charge in [-0.25, -0.2) is 9.37 Å². The molecule has 1 amide bonds. The van der Waals surface area contributed by atoms with Crippen LogP contribution >= 0.6 is 11.3 Å². The molecule has 4 aromatic rings. The van der Waals surface area contributed by atoms with Gasteiger partial charge < -0.3 is 10.1 Å². The summed E-state index contributed by atoms with van der Waals surface area (Å²) in [6, 6.07) is 19.4. The smallest absolute Gasteiger partial charge is 0.270 e. The van der Waals surface area contributed by atoms with Crippen molar-refractivity contribution < 1.29 is 13.9 Å². The molecular formula is C24H20FN3O2S. The number of rotatable bonds is 8. The van der Waals surface area contributed by atoms with Crippen molar-refractivity contribution >= 4 is 17.2 Å². The van der Waals surface area contributed by atoms with Crippen molar-refractivity contribution in [2.45, 2.75) is 13.0 Å². The predicted octanol–water partition coefficient (Wildman–Crippen LogP) is 4.90. The van der Waals surface area contributed by atoms with Crippen molar-refractivity contribution in [2.75, 3.05) is 6.54 Å². The third-order valence-electron chi connectivity index (χ3n) is 4.55. The van der Waals surface area contributed by atoms with Gasteiger partial charge in [0.05, 0.1) is 5.56 Å². The molecule has 0 radical (unpaired) electrons. The molecule has 1 N–H and O–H groups in total. The van der Waals surface area contributed by atoms with E-state index < -0.39 is 0 Å². The lowest BCUT2D eigenvalue weighted by atomic mass is 10.2. The van der Waals surface area contributed by atoms with Crippen LogP contribution in [0.3, 0.4) is 0 Å². The zero-order valence-electron chi connectivity index (χ0n) is 16.6. The molecule has 0 aliphatic rings. The molecule has 0 fully saturated rings. The van der Waals surface area contributed by atoms with E-state index in [1.807, 2.05) is 42.5 Å². The average molecular weight is 434 g/mol. The van der Waals surface area contributed by atoms with Gasteiger partial charge in [0.25, 0.3) is 5.91 Å². The van der Waals surface area contributed by atoms with E-state index in [-0.39, 0.29) is 11.7 Å². The summed E-state index contributed by atoms with van der Waals surface area (Å²) in [5, 5.41) is 5.32. The molecule has 5 nitrogen and oxygen atoms in total. The van der Waals surface area contributed by atoms with Gasteiger partial charge in [-0.05, 0) is 42.0 Å². The van der Waals surface area contributed by atoms with Crippen molar-refractivity contribution in [1.82, 2.24) is 15.3 Å². The molecule has 0 unspecified atom stereocenters. The first-order valence-corrected chi connectivity index (χ1v) is 10.7. The maximum absolute atomic E-state index is 13.1. The lowest BCUT2D eigenvalue weighted by molar-refractivity contribution is 0.0950. The van der Waals surface area contributed by atoms with Gasteiger partial charge in [-0.15, -0.1) is 11.3 Å². The number of ether oxygens (including phenoxy) is 1. The molecule has 2 aromatic heterocycles. The number of hydrogen-bond acceptors (Lipinski definition) is 5. The number of hydrogen-bond donors (Lipinski definition) is 1. The number of benzene rings is 2. The Labute approximate surface area is 183 Å². The summed E-state index contributed by atoms with van der Waals surface area (Å²) in [6.07, 6.45) is 2.39. The number of carbonyl (C=O) groups is 1. The Morgan fingerprint density at radius 3 is 2.65 bits per heavy atom. The third-order valence-corrected chi connectivity index (χ3v) is 5.43. The van der Waals surface area contributed by atoms with Gasteiger partial charge in [0.15, 0.2) is 0 Å². The second kappa shape index (κ2) is 9.95. The quantitative estimate of drug-likeness (QED) is 0.429. The van der Waals surface area contributed by atoms with Gasteiger partial charge in [-0.1, -0.05) is 30.3 Å².